The van der Waals surface area contributed by atoms with E-state index in [1.54, 1.807) is 0 Å². The predicted molar refractivity (Wildman–Crippen MR) is 57.8 cm³/mol. The van der Waals surface area contributed by atoms with Crippen LogP contribution in [0.1, 0.15) is 46.5 Å². The number of amides is 1. The molecule has 3 nitrogen and oxygen atoms in total. The largest absolute Gasteiger partial charge is 0.352 e. The van der Waals surface area contributed by atoms with E-state index >= 15 is 0 Å². The SMILES string of the molecule is CCC(N)(CC)C(=O)NC(C)C1CC1. The first-order chi connectivity index (χ1) is 6.53. The molecular formula is C11H22N2O. The highest BCUT2D eigenvalue weighted by Crippen LogP contribution is 2.32. The van der Waals surface area contributed by atoms with Crippen LogP contribution in [0, 0.1) is 5.92 Å². The highest BCUT2D eigenvalue weighted by atomic mass is 16.2. The summed E-state index contributed by atoms with van der Waals surface area (Å²) in [7, 11) is 0. The normalized spacial score (nSPS) is 19.1. The molecule has 1 rings (SSSR count). The van der Waals surface area contributed by atoms with Gasteiger partial charge in [-0.2, -0.15) is 0 Å². The summed E-state index contributed by atoms with van der Waals surface area (Å²) in [4.78, 5) is 11.8. The number of hydrogen-bond acceptors (Lipinski definition) is 2. The van der Waals surface area contributed by atoms with E-state index in [1.165, 1.54) is 12.8 Å². The first-order valence-electron chi connectivity index (χ1n) is 5.63. The second-order valence-electron chi connectivity index (χ2n) is 4.46. The highest BCUT2D eigenvalue weighted by Gasteiger charge is 2.34. The second-order valence-corrected chi connectivity index (χ2v) is 4.46. The Morgan fingerprint density at radius 2 is 2.00 bits per heavy atom. The number of rotatable bonds is 5. The fourth-order valence-electron chi connectivity index (χ4n) is 1.64. The van der Waals surface area contributed by atoms with Crippen LogP contribution < -0.4 is 11.1 Å². The Morgan fingerprint density at radius 1 is 1.50 bits per heavy atom. The van der Waals surface area contributed by atoms with Gasteiger partial charge in [0.2, 0.25) is 5.91 Å². The molecule has 1 unspecified atom stereocenters. The molecule has 0 aliphatic heterocycles. The Morgan fingerprint density at radius 3 is 2.36 bits per heavy atom. The van der Waals surface area contributed by atoms with Gasteiger partial charge in [0.1, 0.15) is 0 Å². The molecule has 1 atom stereocenters. The molecule has 14 heavy (non-hydrogen) atoms. The molecule has 0 aromatic heterocycles. The number of nitrogens with two attached hydrogens (primary N) is 1. The molecule has 3 N–H and O–H groups in total. The number of hydrogen-bond donors (Lipinski definition) is 2. The van der Waals surface area contributed by atoms with Crippen molar-refractivity contribution in [1.29, 1.82) is 0 Å². The van der Waals surface area contributed by atoms with Gasteiger partial charge in [-0.25, -0.2) is 0 Å². The van der Waals surface area contributed by atoms with Crippen molar-refractivity contribution in [3.8, 4) is 0 Å². The van der Waals surface area contributed by atoms with Crippen LogP contribution in [0.5, 0.6) is 0 Å². The minimum atomic E-state index is -0.664. The Kier molecular flexibility index (Phi) is 3.53. The van der Waals surface area contributed by atoms with Crippen molar-refractivity contribution in [1.82, 2.24) is 5.32 Å². The van der Waals surface area contributed by atoms with E-state index in [0.717, 1.165) is 0 Å². The maximum Gasteiger partial charge on any atom is 0.240 e. The van der Waals surface area contributed by atoms with Gasteiger partial charge in [-0.3, -0.25) is 4.79 Å². The Balaban J connectivity index is 2.46. The zero-order valence-corrected chi connectivity index (χ0v) is 9.47. The predicted octanol–water partition coefficient (Wildman–Crippen LogP) is 1.42. The molecule has 0 heterocycles. The smallest absolute Gasteiger partial charge is 0.240 e. The first-order valence-corrected chi connectivity index (χ1v) is 5.63. The van der Waals surface area contributed by atoms with Crippen molar-refractivity contribution in [3.63, 3.8) is 0 Å². The molecule has 0 radical (unpaired) electrons. The third-order valence-corrected chi connectivity index (χ3v) is 3.40. The van der Waals surface area contributed by atoms with Gasteiger partial charge >= 0.3 is 0 Å². The maximum absolute atomic E-state index is 11.8. The lowest BCUT2D eigenvalue weighted by Gasteiger charge is -2.27. The molecule has 0 saturated heterocycles. The van der Waals surface area contributed by atoms with Crippen LogP contribution in [0.15, 0.2) is 0 Å². The number of carbonyl (C=O) groups excluding carboxylic acids is 1. The van der Waals surface area contributed by atoms with Crippen LogP contribution in [-0.4, -0.2) is 17.5 Å². The average molecular weight is 198 g/mol. The van der Waals surface area contributed by atoms with Crippen LogP contribution in [0.4, 0.5) is 0 Å². The standard InChI is InChI=1S/C11H22N2O/c1-4-11(12,5-2)10(14)13-8(3)9-6-7-9/h8-9H,4-7,12H2,1-3H3,(H,13,14). The van der Waals surface area contributed by atoms with Gasteiger partial charge in [-0.05, 0) is 38.5 Å². The molecule has 0 bridgehead atoms. The Labute approximate surface area is 86.4 Å². The molecule has 3 heteroatoms. The highest BCUT2D eigenvalue weighted by molar-refractivity contribution is 5.86. The van der Waals surface area contributed by atoms with E-state index in [9.17, 15) is 4.79 Å². The first kappa shape index (κ1) is 11.5. The molecule has 1 aliphatic carbocycles. The van der Waals surface area contributed by atoms with E-state index in [-0.39, 0.29) is 5.91 Å². The van der Waals surface area contributed by atoms with Crippen LogP contribution >= 0.6 is 0 Å². The fraction of sp³-hybridized carbons (Fsp3) is 0.909. The van der Waals surface area contributed by atoms with E-state index in [2.05, 4.69) is 12.2 Å². The molecular weight excluding hydrogens is 176 g/mol. The summed E-state index contributed by atoms with van der Waals surface area (Å²) in [6.45, 7) is 6.00. The number of carbonyl (C=O) groups is 1. The quantitative estimate of drug-likeness (QED) is 0.702. The van der Waals surface area contributed by atoms with Crippen molar-refractivity contribution in [2.75, 3.05) is 0 Å². The van der Waals surface area contributed by atoms with Crippen molar-refractivity contribution < 1.29 is 4.79 Å². The lowest BCUT2D eigenvalue weighted by Crippen LogP contribution is -2.55. The van der Waals surface area contributed by atoms with Gasteiger partial charge in [0.25, 0.3) is 0 Å². The summed E-state index contributed by atoms with van der Waals surface area (Å²) in [5.41, 5.74) is 5.33. The molecule has 0 aromatic rings. The van der Waals surface area contributed by atoms with Crippen molar-refractivity contribution >= 4 is 5.91 Å². The average Bonchev–Trinajstić information content (AvgIpc) is 2.99. The fourth-order valence-corrected chi connectivity index (χ4v) is 1.64. The van der Waals surface area contributed by atoms with Crippen molar-refractivity contribution in [2.24, 2.45) is 11.7 Å². The van der Waals surface area contributed by atoms with Crippen molar-refractivity contribution in [2.45, 2.75) is 58.0 Å². The summed E-state index contributed by atoms with van der Waals surface area (Å²) in [5, 5.41) is 3.02. The van der Waals surface area contributed by atoms with E-state index < -0.39 is 5.54 Å². The van der Waals surface area contributed by atoms with Crippen LogP contribution in [-0.2, 0) is 4.79 Å². The summed E-state index contributed by atoms with van der Waals surface area (Å²) in [6.07, 6.45) is 3.90. The monoisotopic (exact) mass is 198 g/mol. The summed E-state index contributed by atoms with van der Waals surface area (Å²) in [5.74, 6) is 0.707. The lowest BCUT2D eigenvalue weighted by molar-refractivity contribution is -0.127. The van der Waals surface area contributed by atoms with Gasteiger partial charge in [-0.15, -0.1) is 0 Å². The lowest BCUT2D eigenvalue weighted by atomic mass is 9.92. The molecule has 1 aliphatic rings. The molecule has 0 spiro atoms. The Hall–Kier alpha value is -0.570. The van der Waals surface area contributed by atoms with Crippen molar-refractivity contribution in [3.05, 3.63) is 0 Å². The minimum absolute atomic E-state index is 0.0156. The molecule has 0 aromatic carbocycles. The maximum atomic E-state index is 11.8. The summed E-state index contributed by atoms with van der Waals surface area (Å²) >= 11 is 0. The molecule has 82 valence electrons. The molecule has 1 saturated carbocycles. The van der Waals surface area contributed by atoms with E-state index in [4.69, 9.17) is 5.73 Å². The Bertz CT molecular complexity index is 207. The van der Waals surface area contributed by atoms with Crippen LogP contribution in [0.3, 0.4) is 0 Å². The van der Waals surface area contributed by atoms with Crippen LogP contribution in [0.25, 0.3) is 0 Å². The minimum Gasteiger partial charge on any atom is -0.352 e. The topological polar surface area (TPSA) is 55.1 Å². The zero-order valence-electron chi connectivity index (χ0n) is 9.47. The summed E-state index contributed by atoms with van der Waals surface area (Å²) in [6, 6.07) is 0.295. The zero-order chi connectivity index (χ0) is 10.8. The van der Waals surface area contributed by atoms with E-state index in [1.807, 2.05) is 13.8 Å². The van der Waals surface area contributed by atoms with E-state index in [0.29, 0.717) is 24.8 Å². The van der Waals surface area contributed by atoms with Gasteiger partial charge in [0.15, 0.2) is 0 Å². The molecule has 1 fully saturated rings. The van der Waals surface area contributed by atoms with Gasteiger partial charge < -0.3 is 11.1 Å². The van der Waals surface area contributed by atoms with Crippen LogP contribution in [0.2, 0.25) is 0 Å². The number of nitrogens with one attached hydrogen (secondary N) is 1. The second kappa shape index (κ2) is 4.30. The van der Waals surface area contributed by atoms with Gasteiger partial charge in [-0.1, -0.05) is 13.8 Å². The van der Waals surface area contributed by atoms with Gasteiger partial charge in [0.05, 0.1) is 5.54 Å². The third kappa shape index (κ3) is 2.47. The molecule has 1 amide bonds. The summed E-state index contributed by atoms with van der Waals surface area (Å²) < 4.78 is 0. The van der Waals surface area contributed by atoms with Gasteiger partial charge in [0, 0.05) is 6.04 Å². The third-order valence-electron chi connectivity index (χ3n) is 3.40.